The minimum Gasteiger partial charge on any atom is -0.459 e. The molecule has 5 nitrogen and oxygen atoms in total. The molecule has 0 aliphatic carbocycles. The van der Waals surface area contributed by atoms with E-state index in [2.05, 4.69) is 52.2 Å². The molecule has 0 radical (unpaired) electrons. The Kier molecular flexibility index (Phi) is 4.53. The van der Waals surface area contributed by atoms with Crippen LogP contribution in [0.25, 0.3) is 0 Å². The van der Waals surface area contributed by atoms with Crippen molar-refractivity contribution >= 4 is 5.82 Å². The van der Waals surface area contributed by atoms with Crippen LogP contribution < -0.4 is 15.0 Å². The van der Waals surface area contributed by atoms with Crippen molar-refractivity contribution in [1.29, 1.82) is 0 Å². The summed E-state index contributed by atoms with van der Waals surface area (Å²) < 4.78 is 5.79. The Bertz CT molecular complexity index is 638. The summed E-state index contributed by atoms with van der Waals surface area (Å²) in [5, 5.41) is 3.34. The zero-order valence-electron chi connectivity index (χ0n) is 13.2. The molecule has 1 N–H and O–H groups in total. The van der Waals surface area contributed by atoms with Crippen molar-refractivity contribution < 1.29 is 4.74 Å². The van der Waals surface area contributed by atoms with Crippen LogP contribution in [0.2, 0.25) is 0 Å². The van der Waals surface area contributed by atoms with E-state index in [0.717, 1.165) is 32.0 Å². The smallest absolute Gasteiger partial charge is 0.318 e. The maximum Gasteiger partial charge on any atom is 0.318 e. The van der Waals surface area contributed by atoms with Gasteiger partial charge in [-0.25, -0.2) is 4.98 Å². The van der Waals surface area contributed by atoms with Crippen LogP contribution in [0.5, 0.6) is 6.01 Å². The van der Waals surface area contributed by atoms with Crippen molar-refractivity contribution in [2.75, 3.05) is 31.1 Å². The second-order valence-electron chi connectivity index (χ2n) is 5.65. The summed E-state index contributed by atoms with van der Waals surface area (Å²) in [4.78, 5) is 11.0. The lowest BCUT2D eigenvalue weighted by Crippen LogP contribution is -2.43. The van der Waals surface area contributed by atoms with Crippen molar-refractivity contribution in [3.05, 3.63) is 47.2 Å². The molecule has 3 rings (SSSR count). The fourth-order valence-corrected chi connectivity index (χ4v) is 2.57. The SMILES string of the molecule is Cc1ccc(C)c(COc2nccc(N3CCNCC3)n2)c1. The van der Waals surface area contributed by atoms with Gasteiger partial charge in [-0.1, -0.05) is 23.8 Å². The number of aryl methyl sites for hydroxylation is 2. The van der Waals surface area contributed by atoms with E-state index in [1.54, 1.807) is 6.20 Å². The molecule has 2 heterocycles. The summed E-state index contributed by atoms with van der Waals surface area (Å²) in [6, 6.07) is 8.76. The summed E-state index contributed by atoms with van der Waals surface area (Å²) in [7, 11) is 0. The molecule has 0 atom stereocenters. The molecule has 0 unspecified atom stereocenters. The third-order valence-electron chi connectivity index (χ3n) is 3.92. The number of nitrogens with one attached hydrogen (secondary N) is 1. The van der Waals surface area contributed by atoms with E-state index in [4.69, 9.17) is 4.74 Å². The lowest BCUT2D eigenvalue weighted by Gasteiger charge is -2.28. The van der Waals surface area contributed by atoms with Crippen LogP contribution >= 0.6 is 0 Å². The van der Waals surface area contributed by atoms with Crippen molar-refractivity contribution in [2.45, 2.75) is 20.5 Å². The van der Waals surface area contributed by atoms with Gasteiger partial charge in [0.15, 0.2) is 0 Å². The second-order valence-corrected chi connectivity index (χ2v) is 5.65. The van der Waals surface area contributed by atoms with Gasteiger partial charge < -0.3 is 15.0 Å². The molecule has 2 aromatic rings. The number of hydrogen-bond acceptors (Lipinski definition) is 5. The van der Waals surface area contributed by atoms with Crippen LogP contribution in [-0.2, 0) is 6.61 Å². The molecule has 1 saturated heterocycles. The predicted molar refractivity (Wildman–Crippen MR) is 87.4 cm³/mol. The average molecular weight is 298 g/mol. The Balaban J connectivity index is 1.68. The predicted octanol–water partition coefficient (Wildman–Crippen LogP) is 2.08. The fourth-order valence-electron chi connectivity index (χ4n) is 2.57. The molecule has 0 spiro atoms. The summed E-state index contributed by atoms with van der Waals surface area (Å²) >= 11 is 0. The molecule has 0 saturated carbocycles. The van der Waals surface area contributed by atoms with E-state index in [-0.39, 0.29) is 0 Å². The van der Waals surface area contributed by atoms with Crippen molar-refractivity contribution in [2.24, 2.45) is 0 Å². The van der Waals surface area contributed by atoms with Crippen molar-refractivity contribution in [3.63, 3.8) is 0 Å². The Morgan fingerprint density at radius 2 is 2.00 bits per heavy atom. The van der Waals surface area contributed by atoms with Gasteiger partial charge in [0.2, 0.25) is 0 Å². The number of nitrogens with zero attached hydrogens (tertiary/aromatic N) is 3. The first-order valence-corrected chi connectivity index (χ1v) is 7.70. The van der Waals surface area contributed by atoms with Crippen LogP contribution in [0.4, 0.5) is 5.82 Å². The van der Waals surface area contributed by atoms with E-state index in [1.165, 1.54) is 16.7 Å². The number of piperazine rings is 1. The highest BCUT2D eigenvalue weighted by molar-refractivity contribution is 5.39. The highest BCUT2D eigenvalue weighted by Gasteiger charge is 2.12. The normalized spacial score (nSPS) is 14.9. The molecular formula is C17H22N4O. The molecule has 1 aliphatic heterocycles. The standard InChI is InChI=1S/C17H22N4O/c1-13-3-4-14(2)15(11-13)12-22-17-19-6-5-16(20-17)21-9-7-18-8-10-21/h3-6,11,18H,7-10,12H2,1-2H3. The molecule has 5 heteroatoms. The Hall–Kier alpha value is -2.14. The number of rotatable bonds is 4. The minimum absolute atomic E-state index is 0.442. The molecule has 0 amide bonds. The zero-order valence-corrected chi connectivity index (χ0v) is 13.2. The number of anilines is 1. The highest BCUT2D eigenvalue weighted by atomic mass is 16.5. The lowest BCUT2D eigenvalue weighted by atomic mass is 10.1. The van der Waals surface area contributed by atoms with Gasteiger partial charge in [-0.3, -0.25) is 0 Å². The lowest BCUT2D eigenvalue weighted by molar-refractivity contribution is 0.280. The van der Waals surface area contributed by atoms with Gasteiger partial charge in [0, 0.05) is 32.4 Å². The van der Waals surface area contributed by atoms with Crippen LogP contribution in [0.3, 0.4) is 0 Å². The monoisotopic (exact) mass is 298 g/mol. The Labute approximate surface area is 131 Å². The van der Waals surface area contributed by atoms with Gasteiger partial charge in [0.1, 0.15) is 12.4 Å². The van der Waals surface area contributed by atoms with Gasteiger partial charge in [-0.2, -0.15) is 4.98 Å². The van der Waals surface area contributed by atoms with Crippen LogP contribution in [0.15, 0.2) is 30.5 Å². The summed E-state index contributed by atoms with van der Waals surface area (Å²) in [6.07, 6.45) is 1.77. The van der Waals surface area contributed by atoms with Crippen LogP contribution in [0, 0.1) is 13.8 Å². The molecule has 1 aliphatic rings. The number of benzene rings is 1. The molecular weight excluding hydrogens is 276 g/mol. The fraction of sp³-hybridized carbons (Fsp3) is 0.412. The quantitative estimate of drug-likeness (QED) is 0.936. The average Bonchev–Trinajstić information content (AvgIpc) is 2.57. The van der Waals surface area contributed by atoms with E-state index in [1.807, 2.05) is 6.07 Å². The van der Waals surface area contributed by atoms with Crippen molar-refractivity contribution in [1.82, 2.24) is 15.3 Å². The molecule has 116 valence electrons. The molecule has 1 aromatic carbocycles. The minimum atomic E-state index is 0.442. The first-order valence-electron chi connectivity index (χ1n) is 7.70. The topological polar surface area (TPSA) is 50.3 Å². The maximum absolute atomic E-state index is 5.79. The summed E-state index contributed by atoms with van der Waals surface area (Å²) in [5.41, 5.74) is 3.64. The van der Waals surface area contributed by atoms with E-state index >= 15 is 0 Å². The molecule has 1 fully saturated rings. The first kappa shape index (κ1) is 14.8. The van der Waals surface area contributed by atoms with Crippen LogP contribution in [-0.4, -0.2) is 36.1 Å². The number of ether oxygens (including phenoxy) is 1. The molecule has 0 bridgehead atoms. The largest absolute Gasteiger partial charge is 0.459 e. The Morgan fingerprint density at radius 1 is 1.18 bits per heavy atom. The van der Waals surface area contributed by atoms with E-state index in [0.29, 0.717) is 12.6 Å². The summed E-state index contributed by atoms with van der Waals surface area (Å²) in [6.45, 7) is 8.59. The number of aromatic nitrogens is 2. The van der Waals surface area contributed by atoms with Gasteiger partial charge in [0.05, 0.1) is 0 Å². The highest BCUT2D eigenvalue weighted by Crippen LogP contribution is 2.16. The second kappa shape index (κ2) is 6.75. The third-order valence-corrected chi connectivity index (χ3v) is 3.92. The zero-order chi connectivity index (χ0) is 15.4. The van der Waals surface area contributed by atoms with Gasteiger partial charge in [0.25, 0.3) is 0 Å². The third kappa shape index (κ3) is 3.54. The number of hydrogen-bond donors (Lipinski definition) is 1. The van der Waals surface area contributed by atoms with Gasteiger partial charge >= 0.3 is 6.01 Å². The molecule has 1 aromatic heterocycles. The molecule has 22 heavy (non-hydrogen) atoms. The van der Waals surface area contributed by atoms with E-state index in [9.17, 15) is 0 Å². The van der Waals surface area contributed by atoms with Crippen molar-refractivity contribution in [3.8, 4) is 6.01 Å². The van der Waals surface area contributed by atoms with Gasteiger partial charge in [-0.05, 0) is 31.0 Å². The van der Waals surface area contributed by atoms with Gasteiger partial charge in [-0.15, -0.1) is 0 Å². The Morgan fingerprint density at radius 3 is 2.82 bits per heavy atom. The maximum atomic E-state index is 5.79. The first-order chi connectivity index (χ1) is 10.7. The van der Waals surface area contributed by atoms with Crippen LogP contribution in [0.1, 0.15) is 16.7 Å². The summed E-state index contributed by atoms with van der Waals surface area (Å²) in [5.74, 6) is 0.937. The van der Waals surface area contributed by atoms with E-state index < -0.39 is 0 Å².